The normalized spacial score (nSPS) is 11.9. The second-order valence-electron chi connectivity index (χ2n) is 4.81. The highest BCUT2D eigenvalue weighted by atomic mass is 19.4. The molecule has 0 bridgehead atoms. The summed E-state index contributed by atoms with van der Waals surface area (Å²) < 4.78 is 43.7. The summed E-state index contributed by atoms with van der Waals surface area (Å²) in [5.41, 5.74) is -0.684. The SMILES string of the molecule is CCNC(=O)/C(C#N)=C\c1ccc(-c2cccc(C(F)(F)F)c2)o1. The van der Waals surface area contributed by atoms with Gasteiger partial charge in [0.2, 0.25) is 0 Å². The van der Waals surface area contributed by atoms with Gasteiger partial charge in [-0.3, -0.25) is 4.79 Å². The first-order valence-electron chi connectivity index (χ1n) is 7.02. The van der Waals surface area contributed by atoms with Crippen LogP contribution in [0, 0.1) is 11.3 Å². The lowest BCUT2D eigenvalue weighted by Crippen LogP contribution is -2.23. The fourth-order valence-electron chi connectivity index (χ4n) is 1.98. The molecule has 0 aliphatic heterocycles. The highest BCUT2D eigenvalue weighted by molar-refractivity contribution is 6.01. The summed E-state index contributed by atoms with van der Waals surface area (Å²) in [5.74, 6) is -0.136. The van der Waals surface area contributed by atoms with Crippen molar-refractivity contribution in [3.8, 4) is 17.4 Å². The zero-order valence-corrected chi connectivity index (χ0v) is 12.6. The second kappa shape index (κ2) is 7.04. The van der Waals surface area contributed by atoms with E-state index >= 15 is 0 Å². The molecule has 2 aromatic rings. The smallest absolute Gasteiger partial charge is 0.416 e. The van der Waals surface area contributed by atoms with Crippen molar-refractivity contribution in [2.45, 2.75) is 13.1 Å². The third-order valence-corrected chi connectivity index (χ3v) is 3.09. The van der Waals surface area contributed by atoms with E-state index in [1.807, 2.05) is 0 Å². The zero-order valence-electron chi connectivity index (χ0n) is 12.6. The van der Waals surface area contributed by atoms with E-state index in [0.29, 0.717) is 6.54 Å². The Bertz CT molecular complexity index is 814. The molecule has 4 nitrogen and oxygen atoms in total. The van der Waals surface area contributed by atoms with Crippen molar-refractivity contribution in [3.63, 3.8) is 0 Å². The van der Waals surface area contributed by atoms with Gasteiger partial charge in [-0.1, -0.05) is 12.1 Å². The Morgan fingerprint density at radius 3 is 2.71 bits per heavy atom. The van der Waals surface area contributed by atoms with Gasteiger partial charge in [-0.05, 0) is 31.2 Å². The van der Waals surface area contributed by atoms with E-state index in [1.165, 1.54) is 30.3 Å². The molecule has 1 N–H and O–H groups in total. The maximum atomic E-state index is 12.7. The Labute approximate surface area is 136 Å². The molecule has 0 atom stereocenters. The average Bonchev–Trinajstić information content (AvgIpc) is 3.00. The van der Waals surface area contributed by atoms with Gasteiger partial charge in [0.05, 0.1) is 5.56 Å². The fraction of sp³-hybridized carbons (Fsp3) is 0.176. The van der Waals surface area contributed by atoms with Crippen LogP contribution in [0.25, 0.3) is 17.4 Å². The molecule has 0 saturated heterocycles. The van der Waals surface area contributed by atoms with Crippen molar-refractivity contribution in [1.82, 2.24) is 5.32 Å². The highest BCUT2D eigenvalue weighted by Gasteiger charge is 2.30. The van der Waals surface area contributed by atoms with E-state index in [0.717, 1.165) is 12.1 Å². The van der Waals surface area contributed by atoms with Crippen molar-refractivity contribution in [2.75, 3.05) is 6.54 Å². The van der Waals surface area contributed by atoms with Crippen LogP contribution < -0.4 is 5.32 Å². The van der Waals surface area contributed by atoms with E-state index in [1.54, 1.807) is 13.0 Å². The maximum Gasteiger partial charge on any atom is 0.416 e. The number of likely N-dealkylation sites (N-methyl/N-ethyl adjacent to an activating group) is 1. The first-order valence-corrected chi connectivity index (χ1v) is 7.02. The third-order valence-electron chi connectivity index (χ3n) is 3.09. The van der Waals surface area contributed by atoms with E-state index in [2.05, 4.69) is 5.32 Å². The summed E-state index contributed by atoms with van der Waals surface area (Å²) in [7, 11) is 0. The minimum absolute atomic E-state index is 0.151. The van der Waals surface area contributed by atoms with Gasteiger partial charge in [0.1, 0.15) is 23.2 Å². The Balaban J connectivity index is 2.31. The molecule has 1 heterocycles. The van der Waals surface area contributed by atoms with Gasteiger partial charge in [0, 0.05) is 18.2 Å². The van der Waals surface area contributed by atoms with Crippen LogP contribution in [0.5, 0.6) is 0 Å². The molecule has 0 spiro atoms. The molecule has 1 amide bonds. The number of benzene rings is 1. The summed E-state index contributed by atoms with van der Waals surface area (Å²) >= 11 is 0. The van der Waals surface area contributed by atoms with E-state index in [9.17, 15) is 18.0 Å². The van der Waals surface area contributed by atoms with Gasteiger partial charge in [0.25, 0.3) is 5.91 Å². The quantitative estimate of drug-likeness (QED) is 0.679. The number of amides is 1. The van der Waals surface area contributed by atoms with Gasteiger partial charge in [-0.25, -0.2) is 0 Å². The van der Waals surface area contributed by atoms with Crippen molar-refractivity contribution >= 4 is 12.0 Å². The summed E-state index contributed by atoms with van der Waals surface area (Å²) in [6.07, 6.45) is -3.21. The minimum atomic E-state index is -4.45. The molecule has 124 valence electrons. The maximum absolute atomic E-state index is 12.7. The summed E-state index contributed by atoms with van der Waals surface area (Å²) in [4.78, 5) is 11.6. The lowest BCUT2D eigenvalue weighted by atomic mass is 10.1. The molecule has 7 heteroatoms. The van der Waals surface area contributed by atoms with Crippen molar-refractivity contribution in [2.24, 2.45) is 0 Å². The largest absolute Gasteiger partial charge is 0.457 e. The van der Waals surface area contributed by atoms with Gasteiger partial charge in [-0.15, -0.1) is 0 Å². The molecule has 1 aromatic carbocycles. The van der Waals surface area contributed by atoms with Crippen LogP contribution in [0.4, 0.5) is 13.2 Å². The number of nitrogens with zero attached hydrogens (tertiary/aromatic N) is 1. The number of rotatable bonds is 4. The first-order chi connectivity index (χ1) is 11.3. The van der Waals surface area contributed by atoms with Crippen LogP contribution in [-0.2, 0) is 11.0 Å². The van der Waals surface area contributed by atoms with E-state index in [4.69, 9.17) is 9.68 Å². The summed E-state index contributed by atoms with van der Waals surface area (Å²) in [6, 6.07) is 9.42. The van der Waals surface area contributed by atoms with Crippen LogP contribution in [0.15, 0.2) is 46.4 Å². The molecule has 1 aromatic heterocycles. The standard InChI is InChI=1S/C17H13F3N2O2/c1-2-22-16(23)12(10-21)9-14-6-7-15(24-14)11-4-3-5-13(8-11)17(18,19)20/h3-9H,2H2,1H3,(H,22,23)/b12-9-. The Morgan fingerprint density at radius 2 is 2.08 bits per heavy atom. The predicted octanol–water partition coefficient (Wildman–Crippen LogP) is 4.01. The first kappa shape index (κ1) is 17.3. The average molecular weight is 334 g/mol. The second-order valence-corrected chi connectivity index (χ2v) is 4.81. The molecule has 2 rings (SSSR count). The third kappa shape index (κ3) is 4.04. The minimum Gasteiger partial charge on any atom is -0.457 e. The van der Waals surface area contributed by atoms with Crippen LogP contribution in [0.2, 0.25) is 0 Å². The highest BCUT2D eigenvalue weighted by Crippen LogP contribution is 2.32. The number of hydrogen-bond donors (Lipinski definition) is 1. The number of halogens is 3. The lowest BCUT2D eigenvalue weighted by Gasteiger charge is -2.07. The lowest BCUT2D eigenvalue weighted by molar-refractivity contribution is -0.137. The zero-order chi connectivity index (χ0) is 17.7. The summed E-state index contributed by atoms with van der Waals surface area (Å²) in [5, 5.41) is 11.5. The van der Waals surface area contributed by atoms with Crippen molar-refractivity contribution in [3.05, 3.63) is 53.3 Å². The molecule has 0 aliphatic rings. The Morgan fingerprint density at radius 1 is 1.33 bits per heavy atom. The molecular formula is C17H13F3N2O2. The Kier molecular flexibility index (Phi) is 5.09. The number of alkyl halides is 3. The summed E-state index contributed by atoms with van der Waals surface area (Å²) in [6.45, 7) is 2.08. The van der Waals surface area contributed by atoms with Gasteiger partial charge < -0.3 is 9.73 Å². The topological polar surface area (TPSA) is 66.0 Å². The van der Waals surface area contributed by atoms with Crippen LogP contribution in [0.1, 0.15) is 18.2 Å². The van der Waals surface area contributed by atoms with Gasteiger partial charge >= 0.3 is 6.18 Å². The Hall–Kier alpha value is -3.01. The van der Waals surface area contributed by atoms with Crippen LogP contribution in [0.3, 0.4) is 0 Å². The van der Waals surface area contributed by atoms with Gasteiger partial charge in [-0.2, -0.15) is 18.4 Å². The van der Waals surface area contributed by atoms with Gasteiger partial charge in [0.15, 0.2) is 0 Å². The van der Waals surface area contributed by atoms with E-state index < -0.39 is 17.6 Å². The van der Waals surface area contributed by atoms with Crippen molar-refractivity contribution in [1.29, 1.82) is 5.26 Å². The number of nitriles is 1. The number of furan rings is 1. The van der Waals surface area contributed by atoms with E-state index in [-0.39, 0.29) is 22.7 Å². The van der Waals surface area contributed by atoms with Crippen LogP contribution >= 0.6 is 0 Å². The molecule has 0 unspecified atom stereocenters. The monoisotopic (exact) mass is 334 g/mol. The number of carbonyl (C=O) groups is 1. The predicted molar refractivity (Wildman–Crippen MR) is 81.4 cm³/mol. The number of hydrogen-bond acceptors (Lipinski definition) is 3. The number of nitrogens with one attached hydrogen (secondary N) is 1. The molecule has 24 heavy (non-hydrogen) atoms. The van der Waals surface area contributed by atoms with Crippen molar-refractivity contribution < 1.29 is 22.4 Å². The molecule has 0 aliphatic carbocycles. The molecule has 0 radical (unpaired) electrons. The van der Waals surface area contributed by atoms with Crippen LogP contribution in [-0.4, -0.2) is 12.5 Å². The number of carbonyl (C=O) groups excluding carboxylic acids is 1. The molecular weight excluding hydrogens is 321 g/mol. The fourth-order valence-corrected chi connectivity index (χ4v) is 1.98. The molecule has 0 saturated carbocycles. The molecule has 0 fully saturated rings.